The number of carbonyl (C=O) groups is 2. The summed E-state index contributed by atoms with van der Waals surface area (Å²) in [6.07, 6.45) is 2.97. The van der Waals surface area contributed by atoms with Crippen LogP contribution in [0.1, 0.15) is 92.2 Å². The zero-order valence-corrected chi connectivity index (χ0v) is 31.7. The zero-order valence-electron chi connectivity index (χ0n) is 31.7. The monoisotopic (exact) mass is 727 g/mol. The Bertz CT molecular complexity index is 1980. The van der Waals surface area contributed by atoms with Gasteiger partial charge < -0.3 is 25.2 Å². The highest BCUT2D eigenvalue weighted by molar-refractivity contribution is 5.83. The molecule has 5 aromatic carbocycles. The van der Waals surface area contributed by atoms with Crippen LogP contribution in [0.5, 0.6) is 0 Å². The van der Waals surface area contributed by atoms with Crippen molar-refractivity contribution in [1.82, 2.24) is 15.5 Å². The summed E-state index contributed by atoms with van der Waals surface area (Å²) in [5, 5.41) is 17.9. The van der Waals surface area contributed by atoms with Crippen LogP contribution in [0.2, 0.25) is 0 Å². The van der Waals surface area contributed by atoms with Gasteiger partial charge in [0.2, 0.25) is 11.8 Å². The number of amides is 2. The number of nitrogens with one attached hydrogen (secondary N) is 2. The lowest BCUT2D eigenvalue weighted by Crippen LogP contribution is -2.38. The van der Waals surface area contributed by atoms with E-state index >= 15 is 0 Å². The standard InChI is InChI=1S/C46H53N3O5/c1-32(40-24-21-36-11-6-7-12-42(36)27-40)49(3)30-43-28-44(38-17-15-34(31-50)16-18-38)54-46(53-43)39-22-19-37(20-23-39)41-13-9-10-35(26-41)29-48-45(52)14-5-4-8-25-47-33(2)51/h6-7,9-13,15-24,26-27,32,43-44,46,50H,4-5,8,14,25,28-31H2,1-3H3,(H,47,51)(H,48,52)/t32-,43-,44+,46+/m1/s1. The minimum Gasteiger partial charge on any atom is -0.392 e. The summed E-state index contributed by atoms with van der Waals surface area (Å²) in [6, 6.07) is 40.0. The highest BCUT2D eigenvalue weighted by Gasteiger charge is 2.33. The van der Waals surface area contributed by atoms with E-state index in [1.165, 1.54) is 23.3 Å². The van der Waals surface area contributed by atoms with E-state index < -0.39 is 6.29 Å². The third kappa shape index (κ3) is 10.6. The van der Waals surface area contributed by atoms with Gasteiger partial charge in [0, 0.05) is 51.0 Å². The molecule has 282 valence electrons. The number of hydrogen-bond donors (Lipinski definition) is 3. The Labute approximate surface area is 319 Å². The van der Waals surface area contributed by atoms with Crippen molar-refractivity contribution in [2.75, 3.05) is 20.1 Å². The number of aliphatic hydroxyl groups is 1. The van der Waals surface area contributed by atoms with Crippen molar-refractivity contribution in [2.24, 2.45) is 0 Å². The van der Waals surface area contributed by atoms with Crippen LogP contribution in [0.3, 0.4) is 0 Å². The number of likely N-dealkylation sites (N-methyl/N-ethyl adjacent to an activating group) is 1. The van der Waals surface area contributed by atoms with E-state index in [-0.39, 0.29) is 36.7 Å². The molecule has 0 aliphatic carbocycles. The average Bonchev–Trinajstić information content (AvgIpc) is 3.20. The minimum absolute atomic E-state index is 0.00451. The molecule has 0 spiro atoms. The molecule has 8 heteroatoms. The van der Waals surface area contributed by atoms with Crippen LogP contribution in [0.4, 0.5) is 0 Å². The van der Waals surface area contributed by atoms with E-state index in [1.54, 1.807) is 0 Å². The predicted octanol–water partition coefficient (Wildman–Crippen LogP) is 8.55. The third-order valence-electron chi connectivity index (χ3n) is 10.4. The van der Waals surface area contributed by atoms with Crippen molar-refractivity contribution in [2.45, 2.75) is 83.6 Å². The average molecular weight is 728 g/mol. The van der Waals surface area contributed by atoms with Gasteiger partial charge in [-0.1, -0.05) is 110 Å². The first kappa shape index (κ1) is 38.9. The summed E-state index contributed by atoms with van der Waals surface area (Å²) in [5.74, 6) is 0.0113. The lowest BCUT2D eigenvalue weighted by Gasteiger charge is -2.39. The maximum Gasteiger partial charge on any atom is 0.220 e. The number of aliphatic hydroxyl groups excluding tert-OH is 1. The summed E-state index contributed by atoms with van der Waals surface area (Å²) < 4.78 is 13.4. The van der Waals surface area contributed by atoms with Crippen molar-refractivity contribution in [3.05, 3.63) is 143 Å². The van der Waals surface area contributed by atoms with E-state index in [1.807, 2.05) is 36.4 Å². The lowest BCUT2D eigenvalue weighted by molar-refractivity contribution is -0.253. The third-order valence-corrected chi connectivity index (χ3v) is 10.4. The normalized spacial score (nSPS) is 17.7. The predicted molar refractivity (Wildman–Crippen MR) is 214 cm³/mol. The molecule has 4 atom stereocenters. The van der Waals surface area contributed by atoms with Crippen LogP contribution < -0.4 is 10.6 Å². The number of nitrogens with zero attached hydrogens (tertiary/aromatic N) is 1. The Balaban J connectivity index is 1.10. The molecule has 0 bridgehead atoms. The second-order valence-corrected chi connectivity index (χ2v) is 14.5. The van der Waals surface area contributed by atoms with Gasteiger partial charge in [-0.15, -0.1) is 0 Å². The molecule has 6 rings (SSSR count). The van der Waals surface area contributed by atoms with Gasteiger partial charge in [0.15, 0.2) is 6.29 Å². The first-order valence-electron chi connectivity index (χ1n) is 19.2. The molecular weight excluding hydrogens is 675 g/mol. The van der Waals surface area contributed by atoms with Crippen molar-refractivity contribution >= 4 is 22.6 Å². The highest BCUT2D eigenvalue weighted by atomic mass is 16.7. The quantitative estimate of drug-likeness (QED) is 0.0882. The molecule has 1 saturated heterocycles. The summed E-state index contributed by atoms with van der Waals surface area (Å²) in [5.41, 5.74) is 7.33. The molecule has 1 fully saturated rings. The summed E-state index contributed by atoms with van der Waals surface area (Å²) in [4.78, 5) is 25.8. The molecule has 0 aromatic heterocycles. The molecule has 8 nitrogen and oxygen atoms in total. The van der Waals surface area contributed by atoms with Gasteiger partial charge in [-0.25, -0.2) is 0 Å². The van der Waals surface area contributed by atoms with E-state index in [0.717, 1.165) is 59.2 Å². The van der Waals surface area contributed by atoms with Gasteiger partial charge in [-0.05, 0) is 83.1 Å². The lowest BCUT2D eigenvalue weighted by atomic mass is 9.98. The van der Waals surface area contributed by atoms with E-state index in [4.69, 9.17) is 9.47 Å². The van der Waals surface area contributed by atoms with Gasteiger partial charge in [0.25, 0.3) is 0 Å². The van der Waals surface area contributed by atoms with E-state index in [2.05, 4.69) is 108 Å². The summed E-state index contributed by atoms with van der Waals surface area (Å²) >= 11 is 0. The molecule has 1 aliphatic rings. The Morgan fingerprint density at radius 2 is 1.54 bits per heavy atom. The van der Waals surface area contributed by atoms with Crippen LogP contribution in [0, 0.1) is 0 Å². The van der Waals surface area contributed by atoms with Gasteiger partial charge >= 0.3 is 0 Å². The Morgan fingerprint density at radius 3 is 2.30 bits per heavy atom. The maximum absolute atomic E-state index is 12.4. The van der Waals surface area contributed by atoms with Crippen LogP contribution >= 0.6 is 0 Å². The Morgan fingerprint density at radius 1 is 0.778 bits per heavy atom. The number of benzene rings is 5. The molecule has 0 unspecified atom stereocenters. The number of unbranched alkanes of at least 4 members (excludes halogenated alkanes) is 2. The van der Waals surface area contributed by atoms with Gasteiger partial charge in [-0.2, -0.15) is 0 Å². The van der Waals surface area contributed by atoms with Crippen molar-refractivity contribution in [3.8, 4) is 11.1 Å². The first-order chi connectivity index (χ1) is 26.2. The van der Waals surface area contributed by atoms with E-state index in [9.17, 15) is 14.7 Å². The molecule has 2 amide bonds. The molecule has 1 aliphatic heterocycles. The fourth-order valence-corrected chi connectivity index (χ4v) is 7.07. The second kappa shape index (κ2) is 18.9. The van der Waals surface area contributed by atoms with Crippen LogP contribution in [0.15, 0.2) is 115 Å². The smallest absolute Gasteiger partial charge is 0.220 e. The largest absolute Gasteiger partial charge is 0.392 e. The molecule has 0 saturated carbocycles. The Kier molecular flexibility index (Phi) is 13.6. The molecule has 0 radical (unpaired) electrons. The number of fused-ring (bicyclic) bond motifs is 1. The Hall–Kier alpha value is -4.86. The number of carbonyl (C=O) groups excluding carboxylic acids is 2. The fourth-order valence-electron chi connectivity index (χ4n) is 7.07. The van der Waals surface area contributed by atoms with Crippen molar-refractivity contribution in [3.63, 3.8) is 0 Å². The van der Waals surface area contributed by atoms with Crippen LogP contribution in [-0.4, -0.2) is 48.1 Å². The molecule has 54 heavy (non-hydrogen) atoms. The van der Waals surface area contributed by atoms with Crippen LogP contribution in [0.25, 0.3) is 21.9 Å². The molecule has 3 N–H and O–H groups in total. The van der Waals surface area contributed by atoms with E-state index in [0.29, 0.717) is 25.9 Å². The van der Waals surface area contributed by atoms with Gasteiger partial charge in [0.1, 0.15) is 0 Å². The number of hydrogen-bond acceptors (Lipinski definition) is 6. The SMILES string of the molecule is CC(=O)NCCCCCC(=O)NCc1cccc(-c2ccc([C@H]3O[C@@H](CN(C)[C@H](C)c4ccc5ccccc5c4)C[C@@H](c4ccc(CO)cc4)O3)cc2)c1. The van der Waals surface area contributed by atoms with Gasteiger partial charge in [0.05, 0.1) is 18.8 Å². The summed E-state index contributed by atoms with van der Waals surface area (Å²) in [7, 11) is 2.16. The number of ether oxygens (including phenoxy) is 2. The van der Waals surface area contributed by atoms with Crippen LogP contribution in [-0.2, 0) is 32.2 Å². The fraction of sp³-hybridized carbons (Fsp3) is 0.348. The zero-order chi connectivity index (χ0) is 37.9. The van der Waals surface area contributed by atoms with Gasteiger partial charge in [-0.3, -0.25) is 14.5 Å². The highest BCUT2D eigenvalue weighted by Crippen LogP contribution is 2.39. The molecule has 5 aromatic rings. The summed E-state index contributed by atoms with van der Waals surface area (Å²) in [6.45, 7) is 5.62. The van der Waals surface area contributed by atoms with Crippen molar-refractivity contribution < 1.29 is 24.2 Å². The maximum atomic E-state index is 12.4. The van der Waals surface area contributed by atoms with Crippen molar-refractivity contribution in [1.29, 1.82) is 0 Å². The second-order valence-electron chi connectivity index (χ2n) is 14.5. The molecule has 1 heterocycles. The minimum atomic E-state index is -0.545. The molecular formula is C46H53N3O5. The number of rotatable bonds is 16. The topological polar surface area (TPSA) is 100 Å². The first-order valence-corrected chi connectivity index (χ1v) is 19.2.